The van der Waals surface area contributed by atoms with Crippen LogP contribution in [0.25, 0.3) is 11.4 Å². The van der Waals surface area contributed by atoms with Crippen molar-refractivity contribution in [1.29, 1.82) is 0 Å². The highest BCUT2D eigenvalue weighted by Gasteiger charge is 2.32. The summed E-state index contributed by atoms with van der Waals surface area (Å²) in [6, 6.07) is 3.33. The van der Waals surface area contributed by atoms with Crippen LogP contribution in [-0.2, 0) is 0 Å². The number of halogens is 2. The summed E-state index contributed by atoms with van der Waals surface area (Å²) in [7, 11) is 0. The Morgan fingerprint density at radius 1 is 1.33 bits per heavy atom. The van der Waals surface area contributed by atoms with Gasteiger partial charge in [0.05, 0.1) is 0 Å². The molecule has 2 aliphatic rings. The van der Waals surface area contributed by atoms with Crippen molar-refractivity contribution < 1.29 is 4.39 Å². The summed E-state index contributed by atoms with van der Waals surface area (Å²) in [4.78, 5) is 27.4. The van der Waals surface area contributed by atoms with Gasteiger partial charge >= 0.3 is 0 Å². The number of anilines is 1. The van der Waals surface area contributed by atoms with E-state index in [9.17, 15) is 9.18 Å². The van der Waals surface area contributed by atoms with Gasteiger partial charge in [-0.05, 0) is 25.5 Å². The van der Waals surface area contributed by atoms with Gasteiger partial charge in [-0.15, -0.1) is 0 Å². The molecule has 4 rings (SSSR count). The number of nitrogens with zero attached hydrogens (tertiary/aromatic N) is 4. The molecular formula is C16H17ClFN5O. The van der Waals surface area contributed by atoms with Crippen LogP contribution < -0.4 is 10.5 Å². The van der Waals surface area contributed by atoms with Crippen LogP contribution in [0.2, 0.25) is 5.02 Å². The van der Waals surface area contributed by atoms with Crippen LogP contribution >= 0.6 is 11.6 Å². The summed E-state index contributed by atoms with van der Waals surface area (Å²) < 4.78 is 13.4. The average Bonchev–Trinajstić information content (AvgIpc) is 3.05. The van der Waals surface area contributed by atoms with Crippen molar-refractivity contribution in [3.8, 4) is 11.4 Å². The lowest BCUT2D eigenvalue weighted by Gasteiger charge is -2.38. The smallest absolute Gasteiger partial charge is 0.272 e. The van der Waals surface area contributed by atoms with Gasteiger partial charge in [-0.2, -0.15) is 4.39 Å². The normalized spacial score (nSPS) is 21.1. The fraction of sp³-hybridized carbons (Fsp3) is 0.438. The molecule has 2 aromatic heterocycles. The van der Waals surface area contributed by atoms with E-state index in [0.717, 1.165) is 32.6 Å². The van der Waals surface area contributed by atoms with Crippen LogP contribution in [-0.4, -0.2) is 52.1 Å². The lowest BCUT2D eigenvalue weighted by Crippen LogP contribution is -2.50. The molecule has 2 saturated heterocycles. The third-order valence-electron chi connectivity index (χ3n) is 4.73. The molecule has 2 aromatic rings. The van der Waals surface area contributed by atoms with Crippen LogP contribution in [0.4, 0.5) is 10.2 Å². The van der Waals surface area contributed by atoms with Gasteiger partial charge in [-0.1, -0.05) is 11.6 Å². The number of hydrogen-bond donors (Lipinski definition) is 1. The van der Waals surface area contributed by atoms with Gasteiger partial charge in [0.1, 0.15) is 10.8 Å². The van der Waals surface area contributed by atoms with Crippen molar-refractivity contribution in [1.82, 2.24) is 19.9 Å². The Morgan fingerprint density at radius 2 is 2.21 bits per heavy atom. The Balaban J connectivity index is 1.71. The molecule has 0 bridgehead atoms. The molecule has 4 heterocycles. The predicted octanol–water partition coefficient (Wildman–Crippen LogP) is 1.91. The van der Waals surface area contributed by atoms with E-state index in [0.29, 0.717) is 23.2 Å². The zero-order valence-corrected chi connectivity index (χ0v) is 13.8. The van der Waals surface area contributed by atoms with Crippen molar-refractivity contribution in [2.24, 2.45) is 0 Å². The van der Waals surface area contributed by atoms with E-state index in [1.807, 2.05) is 0 Å². The summed E-state index contributed by atoms with van der Waals surface area (Å²) >= 11 is 6.21. The zero-order valence-electron chi connectivity index (χ0n) is 13.0. The summed E-state index contributed by atoms with van der Waals surface area (Å²) in [5.41, 5.74) is 0.0553. The monoisotopic (exact) mass is 349 g/mol. The Kier molecular flexibility index (Phi) is 3.97. The fourth-order valence-corrected chi connectivity index (χ4v) is 3.74. The minimum atomic E-state index is -0.619. The second kappa shape index (κ2) is 6.14. The highest BCUT2D eigenvalue weighted by molar-refractivity contribution is 6.32. The molecule has 0 radical (unpaired) electrons. The number of pyridine rings is 1. The zero-order chi connectivity index (χ0) is 16.7. The highest BCUT2D eigenvalue weighted by Crippen LogP contribution is 2.28. The molecule has 0 aromatic carbocycles. The Hall–Kier alpha value is -1.99. The van der Waals surface area contributed by atoms with Crippen LogP contribution in [0.3, 0.4) is 0 Å². The second-order valence-corrected chi connectivity index (χ2v) is 6.58. The molecule has 1 unspecified atom stereocenters. The predicted molar refractivity (Wildman–Crippen MR) is 89.9 cm³/mol. The number of aromatic nitrogens is 3. The van der Waals surface area contributed by atoms with E-state index in [4.69, 9.17) is 11.6 Å². The average molecular weight is 350 g/mol. The molecule has 8 heteroatoms. The van der Waals surface area contributed by atoms with Crippen molar-refractivity contribution in [3.05, 3.63) is 39.7 Å². The van der Waals surface area contributed by atoms with Gasteiger partial charge in [0.25, 0.3) is 5.56 Å². The van der Waals surface area contributed by atoms with Gasteiger partial charge in [0.2, 0.25) is 5.95 Å². The minimum absolute atomic E-state index is 0.0831. The maximum Gasteiger partial charge on any atom is 0.272 e. The highest BCUT2D eigenvalue weighted by atomic mass is 35.5. The fourth-order valence-electron chi connectivity index (χ4n) is 3.53. The summed E-state index contributed by atoms with van der Waals surface area (Å²) in [6.07, 6.45) is 3.70. The molecule has 0 aliphatic carbocycles. The SMILES string of the molecule is O=c1[nH]c(-c2ccnc(F)c2)nc(N2CCN3CCCC3C2)c1Cl. The van der Waals surface area contributed by atoms with E-state index in [-0.39, 0.29) is 5.02 Å². The molecule has 0 amide bonds. The van der Waals surface area contributed by atoms with E-state index >= 15 is 0 Å². The van der Waals surface area contributed by atoms with Crippen molar-refractivity contribution >= 4 is 17.4 Å². The quantitative estimate of drug-likeness (QED) is 0.839. The van der Waals surface area contributed by atoms with Crippen LogP contribution in [0.15, 0.2) is 23.1 Å². The van der Waals surface area contributed by atoms with Gasteiger partial charge in [-0.25, -0.2) is 9.97 Å². The molecule has 0 spiro atoms. The second-order valence-electron chi connectivity index (χ2n) is 6.20. The standard InChI is InChI=1S/C16H17ClFN5O/c17-13-15(23-7-6-22-5-1-2-11(22)9-23)20-14(21-16(13)24)10-3-4-19-12(18)8-10/h3-4,8,11H,1-2,5-7,9H2,(H,20,21,24). The Labute approximate surface area is 143 Å². The maximum atomic E-state index is 13.4. The molecule has 1 N–H and O–H groups in total. The number of hydrogen-bond acceptors (Lipinski definition) is 5. The molecular weight excluding hydrogens is 333 g/mol. The van der Waals surface area contributed by atoms with E-state index in [2.05, 4.69) is 24.8 Å². The summed E-state index contributed by atoms with van der Waals surface area (Å²) in [5.74, 6) is 0.153. The molecule has 2 fully saturated rings. The Morgan fingerprint density at radius 3 is 3.04 bits per heavy atom. The van der Waals surface area contributed by atoms with E-state index in [1.54, 1.807) is 6.07 Å². The number of aromatic amines is 1. The first-order chi connectivity index (χ1) is 11.6. The first-order valence-electron chi connectivity index (χ1n) is 8.02. The molecule has 126 valence electrons. The molecule has 24 heavy (non-hydrogen) atoms. The maximum absolute atomic E-state index is 13.4. The van der Waals surface area contributed by atoms with Gasteiger partial charge in [0.15, 0.2) is 5.82 Å². The first-order valence-corrected chi connectivity index (χ1v) is 8.40. The number of piperazine rings is 1. The van der Waals surface area contributed by atoms with Gasteiger partial charge in [0, 0.05) is 43.5 Å². The topological polar surface area (TPSA) is 65.1 Å². The largest absolute Gasteiger partial charge is 0.352 e. The number of nitrogens with one attached hydrogen (secondary N) is 1. The van der Waals surface area contributed by atoms with Crippen molar-refractivity contribution in [2.75, 3.05) is 31.1 Å². The molecule has 2 aliphatic heterocycles. The third-order valence-corrected chi connectivity index (χ3v) is 5.07. The molecule has 0 saturated carbocycles. The molecule has 1 atom stereocenters. The van der Waals surface area contributed by atoms with Crippen molar-refractivity contribution in [3.63, 3.8) is 0 Å². The number of H-pyrrole nitrogens is 1. The number of fused-ring (bicyclic) bond motifs is 1. The lowest BCUT2D eigenvalue weighted by atomic mass is 10.1. The number of rotatable bonds is 2. The third kappa shape index (κ3) is 2.78. The lowest BCUT2D eigenvalue weighted by molar-refractivity contribution is 0.230. The molecule has 6 nitrogen and oxygen atoms in total. The van der Waals surface area contributed by atoms with Crippen LogP contribution in [0.1, 0.15) is 12.8 Å². The van der Waals surface area contributed by atoms with E-state index in [1.165, 1.54) is 18.7 Å². The van der Waals surface area contributed by atoms with Crippen molar-refractivity contribution in [2.45, 2.75) is 18.9 Å². The van der Waals surface area contributed by atoms with Crippen LogP contribution in [0.5, 0.6) is 0 Å². The summed E-state index contributed by atoms with van der Waals surface area (Å²) in [6.45, 7) is 3.66. The van der Waals surface area contributed by atoms with E-state index < -0.39 is 11.5 Å². The Bertz CT molecular complexity index is 826. The van der Waals surface area contributed by atoms with Gasteiger partial charge in [-0.3, -0.25) is 9.69 Å². The first kappa shape index (κ1) is 15.5. The van der Waals surface area contributed by atoms with Gasteiger partial charge < -0.3 is 9.88 Å². The summed E-state index contributed by atoms with van der Waals surface area (Å²) in [5, 5.41) is 0.0831. The minimum Gasteiger partial charge on any atom is -0.352 e. The van der Waals surface area contributed by atoms with Crippen LogP contribution in [0, 0.1) is 5.95 Å².